The second-order valence-electron chi connectivity index (χ2n) is 2.74. The Hall–Kier alpha value is 0.110. The first-order valence-corrected chi connectivity index (χ1v) is 5.21. The van der Waals surface area contributed by atoms with E-state index in [2.05, 4.69) is 0 Å². The summed E-state index contributed by atoms with van der Waals surface area (Å²) >= 11 is 0. The predicted octanol–water partition coefficient (Wildman–Crippen LogP) is 0.670. The molecule has 1 saturated heterocycles. The molecule has 1 N–H and O–H groups in total. The van der Waals surface area contributed by atoms with E-state index in [1.165, 1.54) is 6.42 Å². The lowest BCUT2D eigenvalue weighted by Crippen LogP contribution is -2.19. The lowest BCUT2D eigenvalue weighted by molar-refractivity contribution is 0.287. The fraction of sp³-hybridized carbons (Fsp3) is 1.00. The van der Waals surface area contributed by atoms with Crippen molar-refractivity contribution in [2.24, 2.45) is 0 Å². The molecule has 1 aliphatic heterocycles. The highest BCUT2D eigenvalue weighted by Gasteiger charge is 2.17. The van der Waals surface area contributed by atoms with E-state index in [0.717, 1.165) is 25.0 Å². The summed E-state index contributed by atoms with van der Waals surface area (Å²) in [5, 5.41) is 8.87. The van der Waals surface area contributed by atoms with Crippen LogP contribution in [-0.4, -0.2) is 26.9 Å². The molecule has 0 bridgehead atoms. The molecule has 0 aromatic rings. The normalized spacial score (nSPS) is 35.3. The molecule has 1 rings (SSSR count). The zero-order valence-corrected chi connectivity index (χ0v) is 6.90. The molecule has 1 heterocycles. The molecule has 0 spiro atoms. The molecule has 0 radical (unpaired) electrons. The maximum absolute atomic E-state index is 11.2. The van der Waals surface area contributed by atoms with E-state index in [9.17, 15) is 4.21 Å². The molecule has 1 fully saturated rings. The highest BCUT2D eigenvalue weighted by Crippen LogP contribution is 2.15. The molecular weight excluding hydrogens is 148 g/mol. The van der Waals surface area contributed by atoms with Gasteiger partial charge in [0.1, 0.15) is 0 Å². The van der Waals surface area contributed by atoms with Gasteiger partial charge in [0.2, 0.25) is 0 Å². The van der Waals surface area contributed by atoms with Crippen LogP contribution < -0.4 is 0 Å². The van der Waals surface area contributed by atoms with Crippen molar-refractivity contribution in [2.45, 2.75) is 30.9 Å². The fourth-order valence-electron chi connectivity index (χ4n) is 1.27. The lowest BCUT2D eigenvalue weighted by atomic mass is 10.2. The van der Waals surface area contributed by atoms with Gasteiger partial charge in [0.15, 0.2) is 0 Å². The minimum Gasteiger partial charge on any atom is -0.395 e. The first-order chi connectivity index (χ1) is 4.84. The molecule has 2 atom stereocenters. The van der Waals surface area contributed by atoms with Gasteiger partial charge >= 0.3 is 0 Å². The minimum atomic E-state index is -0.745. The Morgan fingerprint density at radius 1 is 1.40 bits per heavy atom. The van der Waals surface area contributed by atoms with Crippen molar-refractivity contribution in [3.63, 3.8) is 0 Å². The van der Waals surface area contributed by atoms with Crippen LogP contribution in [0.25, 0.3) is 0 Å². The standard InChI is InChI=1S/C7H14O2S/c8-6-7-4-2-1-3-5-10(7)9/h7-8H,1-6H2. The zero-order valence-electron chi connectivity index (χ0n) is 6.08. The van der Waals surface area contributed by atoms with Crippen LogP contribution in [0.1, 0.15) is 25.7 Å². The topological polar surface area (TPSA) is 37.3 Å². The van der Waals surface area contributed by atoms with E-state index in [-0.39, 0.29) is 11.9 Å². The van der Waals surface area contributed by atoms with E-state index in [4.69, 9.17) is 5.11 Å². The average molecular weight is 162 g/mol. The van der Waals surface area contributed by atoms with E-state index < -0.39 is 10.8 Å². The molecule has 10 heavy (non-hydrogen) atoms. The van der Waals surface area contributed by atoms with Crippen LogP contribution in [-0.2, 0) is 10.8 Å². The third kappa shape index (κ3) is 2.06. The van der Waals surface area contributed by atoms with Crippen LogP contribution in [0.4, 0.5) is 0 Å². The van der Waals surface area contributed by atoms with Gasteiger partial charge < -0.3 is 5.11 Å². The van der Waals surface area contributed by atoms with Crippen LogP contribution in [0, 0.1) is 0 Å². The van der Waals surface area contributed by atoms with Gasteiger partial charge in [-0.15, -0.1) is 0 Å². The molecule has 1 aliphatic rings. The zero-order chi connectivity index (χ0) is 7.40. The average Bonchev–Trinajstić information content (AvgIpc) is 2.13. The third-order valence-electron chi connectivity index (χ3n) is 1.95. The summed E-state index contributed by atoms with van der Waals surface area (Å²) in [6.45, 7) is 0.104. The summed E-state index contributed by atoms with van der Waals surface area (Å²) in [5.74, 6) is 0.797. The molecule has 0 aromatic carbocycles. The quantitative estimate of drug-likeness (QED) is 0.615. The Labute approximate surface area is 64.1 Å². The Morgan fingerprint density at radius 2 is 2.20 bits per heavy atom. The fourth-order valence-corrected chi connectivity index (χ4v) is 2.68. The smallest absolute Gasteiger partial charge is 0.0579 e. The summed E-state index contributed by atoms with van der Waals surface area (Å²) in [6.07, 6.45) is 4.34. The van der Waals surface area contributed by atoms with Gasteiger partial charge in [0.05, 0.1) is 11.9 Å². The minimum absolute atomic E-state index is 0.0718. The van der Waals surface area contributed by atoms with Crippen molar-refractivity contribution in [3.8, 4) is 0 Å². The summed E-state index contributed by atoms with van der Waals surface area (Å²) in [6, 6.07) is 0. The van der Waals surface area contributed by atoms with E-state index >= 15 is 0 Å². The van der Waals surface area contributed by atoms with Crippen LogP contribution in [0.15, 0.2) is 0 Å². The lowest BCUT2D eigenvalue weighted by Gasteiger charge is -2.07. The Bertz CT molecular complexity index is 125. The highest BCUT2D eigenvalue weighted by molar-refractivity contribution is 7.85. The molecule has 3 heteroatoms. The molecule has 60 valence electrons. The number of hydrogen-bond donors (Lipinski definition) is 1. The first-order valence-electron chi connectivity index (χ1n) is 3.82. The second-order valence-corrected chi connectivity index (χ2v) is 4.58. The molecule has 0 aromatic heterocycles. The highest BCUT2D eigenvalue weighted by atomic mass is 32.2. The monoisotopic (exact) mass is 162 g/mol. The van der Waals surface area contributed by atoms with Crippen LogP contribution in [0.5, 0.6) is 0 Å². The van der Waals surface area contributed by atoms with E-state index in [1.54, 1.807) is 0 Å². The van der Waals surface area contributed by atoms with Crippen molar-refractivity contribution < 1.29 is 9.32 Å². The van der Waals surface area contributed by atoms with Crippen LogP contribution in [0.3, 0.4) is 0 Å². The summed E-state index contributed by atoms with van der Waals surface area (Å²) < 4.78 is 11.2. The Balaban J connectivity index is 2.43. The summed E-state index contributed by atoms with van der Waals surface area (Å²) in [7, 11) is -0.745. The van der Waals surface area contributed by atoms with Gasteiger partial charge in [-0.2, -0.15) is 0 Å². The number of hydrogen-bond acceptors (Lipinski definition) is 2. The number of aliphatic hydroxyl groups is 1. The molecule has 2 nitrogen and oxygen atoms in total. The van der Waals surface area contributed by atoms with Gasteiger partial charge in [-0.25, -0.2) is 0 Å². The second kappa shape index (κ2) is 4.09. The molecule has 0 aliphatic carbocycles. The van der Waals surface area contributed by atoms with E-state index in [0.29, 0.717) is 0 Å². The molecule has 2 unspecified atom stereocenters. The number of rotatable bonds is 1. The van der Waals surface area contributed by atoms with Crippen molar-refractivity contribution in [1.82, 2.24) is 0 Å². The van der Waals surface area contributed by atoms with Gasteiger partial charge in [-0.05, 0) is 12.8 Å². The maximum atomic E-state index is 11.2. The predicted molar refractivity (Wildman–Crippen MR) is 42.4 cm³/mol. The summed E-state index contributed by atoms with van der Waals surface area (Å²) in [4.78, 5) is 0. The molecular formula is C7H14O2S. The van der Waals surface area contributed by atoms with Crippen molar-refractivity contribution in [2.75, 3.05) is 12.4 Å². The van der Waals surface area contributed by atoms with Gasteiger partial charge in [0.25, 0.3) is 0 Å². The largest absolute Gasteiger partial charge is 0.395 e. The van der Waals surface area contributed by atoms with Crippen LogP contribution >= 0.6 is 0 Å². The van der Waals surface area contributed by atoms with Crippen LogP contribution in [0.2, 0.25) is 0 Å². The summed E-state index contributed by atoms with van der Waals surface area (Å²) in [5.41, 5.74) is 0. The number of aliphatic hydroxyl groups excluding tert-OH is 1. The Morgan fingerprint density at radius 3 is 2.90 bits per heavy atom. The van der Waals surface area contributed by atoms with Gasteiger partial charge in [-0.3, -0.25) is 4.21 Å². The van der Waals surface area contributed by atoms with Crippen molar-refractivity contribution in [1.29, 1.82) is 0 Å². The first kappa shape index (κ1) is 8.21. The maximum Gasteiger partial charge on any atom is 0.0579 e. The van der Waals surface area contributed by atoms with Crippen molar-refractivity contribution >= 4 is 10.8 Å². The Kier molecular flexibility index (Phi) is 3.35. The van der Waals surface area contributed by atoms with Gasteiger partial charge in [-0.1, -0.05) is 12.8 Å². The third-order valence-corrected chi connectivity index (χ3v) is 3.77. The SMILES string of the molecule is O=S1CCCCCC1CO. The molecule has 0 amide bonds. The van der Waals surface area contributed by atoms with E-state index in [1.807, 2.05) is 0 Å². The van der Waals surface area contributed by atoms with Gasteiger partial charge in [0, 0.05) is 16.6 Å². The van der Waals surface area contributed by atoms with Crippen molar-refractivity contribution in [3.05, 3.63) is 0 Å². The molecule has 0 saturated carbocycles.